The zero-order chi connectivity index (χ0) is 21.3. The first-order chi connectivity index (χ1) is 14.4. The maximum absolute atomic E-state index is 12.1. The normalized spacial score (nSPS) is 14.5. The molecule has 0 fully saturated rings. The topological polar surface area (TPSA) is 98.2 Å². The monoisotopic (exact) mass is 483 g/mol. The van der Waals surface area contributed by atoms with Crippen molar-refractivity contribution in [1.82, 2.24) is 9.97 Å². The Bertz CT molecular complexity index is 1110. The van der Waals surface area contributed by atoms with E-state index in [4.69, 9.17) is 28.3 Å². The number of fused-ring (bicyclic) bond motifs is 3. The molecule has 0 radical (unpaired) electrons. The van der Waals surface area contributed by atoms with Crippen molar-refractivity contribution in [3.05, 3.63) is 50.1 Å². The molecule has 4 rings (SSSR count). The first kappa shape index (κ1) is 21.6. The Kier molecular flexibility index (Phi) is 6.69. The van der Waals surface area contributed by atoms with Crippen LogP contribution in [0.25, 0.3) is 10.2 Å². The van der Waals surface area contributed by atoms with Crippen molar-refractivity contribution >= 4 is 67.7 Å². The summed E-state index contributed by atoms with van der Waals surface area (Å²) in [4.78, 5) is 22.3. The minimum absolute atomic E-state index is 0.00118. The number of aromatic nitrogens is 2. The quantitative estimate of drug-likeness (QED) is 0.467. The van der Waals surface area contributed by atoms with E-state index in [1.807, 2.05) is 6.07 Å². The molecule has 30 heavy (non-hydrogen) atoms. The van der Waals surface area contributed by atoms with E-state index in [1.54, 1.807) is 23.5 Å². The average molecular weight is 484 g/mol. The van der Waals surface area contributed by atoms with Gasteiger partial charge in [0.25, 0.3) is 0 Å². The Morgan fingerprint density at radius 2 is 2.07 bits per heavy atom. The number of hydrogen-bond acceptors (Lipinski definition) is 6. The number of aryl methyl sites for hydroxylation is 2. The Morgan fingerprint density at radius 1 is 1.27 bits per heavy atom. The number of carboxylic acids is 1. The molecule has 158 valence electrons. The van der Waals surface area contributed by atoms with Crippen molar-refractivity contribution in [3.8, 4) is 0 Å². The molecule has 6 nitrogen and oxygen atoms in total. The Morgan fingerprint density at radius 3 is 2.83 bits per heavy atom. The van der Waals surface area contributed by atoms with Crippen LogP contribution in [-0.2, 0) is 41.1 Å². The average Bonchev–Trinajstić information content (AvgIpc) is 3.04. The van der Waals surface area contributed by atoms with Crippen molar-refractivity contribution in [2.75, 3.05) is 11.1 Å². The predicted molar refractivity (Wildman–Crippen MR) is 122 cm³/mol. The van der Waals surface area contributed by atoms with E-state index in [9.17, 15) is 9.35 Å². The molecule has 0 spiro atoms. The number of benzene rings is 1. The Hall–Kier alpha value is -1.58. The molecule has 0 saturated carbocycles. The molecule has 0 amide bonds. The van der Waals surface area contributed by atoms with Crippen molar-refractivity contribution in [2.24, 2.45) is 0 Å². The second-order valence-corrected chi connectivity index (χ2v) is 10.5. The third kappa shape index (κ3) is 4.84. The minimum atomic E-state index is -1.57. The van der Waals surface area contributed by atoms with Gasteiger partial charge in [-0.3, -0.25) is 0 Å². The summed E-state index contributed by atoms with van der Waals surface area (Å²) in [6.45, 7) is 0.449. The number of thiophene rings is 1. The van der Waals surface area contributed by atoms with Gasteiger partial charge in [0.05, 0.1) is 5.39 Å². The number of anilines is 1. The van der Waals surface area contributed by atoms with Gasteiger partial charge >= 0.3 is 5.97 Å². The van der Waals surface area contributed by atoms with Crippen LogP contribution >= 0.6 is 34.5 Å². The first-order valence-corrected chi connectivity index (χ1v) is 12.5. The zero-order valence-electron chi connectivity index (χ0n) is 15.9. The number of nitrogens with zero attached hydrogens (tertiary/aromatic N) is 2. The SMILES string of the molecule is O=C(O)C[S+]([O-])Cc1nc(NCc2ccc(Cl)cc2Cl)c2c3c(sc2n1)CCCC3. The standard InChI is InChI=1S/C20H19Cl2N3O3S2/c21-12-6-5-11(14(22)7-12)8-23-19-18-13-3-1-2-4-15(13)29-20(18)25-16(24-19)9-30(28)10-17(26)27/h5-7H,1-4,8-10H2,(H,26,27)(H,23,24,25). The highest BCUT2D eigenvalue weighted by atomic mass is 35.5. The van der Waals surface area contributed by atoms with Gasteiger partial charge in [0.15, 0.2) is 11.6 Å². The van der Waals surface area contributed by atoms with Crippen LogP contribution in [0.3, 0.4) is 0 Å². The van der Waals surface area contributed by atoms with Gasteiger partial charge in [-0.2, -0.15) is 0 Å². The van der Waals surface area contributed by atoms with E-state index in [1.165, 1.54) is 10.4 Å². The summed E-state index contributed by atoms with van der Waals surface area (Å²) < 4.78 is 12.1. The lowest BCUT2D eigenvalue weighted by atomic mass is 9.97. The van der Waals surface area contributed by atoms with E-state index in [-0.39, 0.29) is 5.75 Å². The van der Waals surface area contributed by atoms with E-state index >= 15 is 0 Å². The third-order valence-electron chi connectivity index (χ3n) is 4.90. The molecule has 0 aliphatic heterocycles. The fourth-order valence-electron chi connectivity index (χ4n) is 3.57. The third-order valence-corrected chi connectivity index (χ3v) is 7.82. The fraction of sp³-hybridized carbons (Fsp3) is 0.350. The fourth-order valence-corrected chi connectivity index (χ4v) is 6.12. The number of rotatable bonds is 7. The molecule has 1 aliphatic rings. The summed E-state index contributed by atoms with van der Waals surface area (Å²) in [7, 11) is 0. The summed E-state index contributed by atoms with van der Waals surface area (Å²) in [5, 5.41) is 14.4. The van der Waals surface area contributed by atoms with Gasteiger partial charge in [0.1, 0.15) is 10.6 Å². The van der Waals surface area contributed by atoms with Crippen LogP contribution in [0, 0.1) is 0 Å². The minimum Gasteiger partial charge on any atom is -0.616 e. The largest absolute Gasteiger partial charge is 0.616 e. The van der Waals surface area contributed by atoms with Gasteiger partial charge in [-0.1, -0.05) is 29.3 Å². The lowest BCUT2D eigenvalue weighted by Gasteiger charge is -2.14. The number of carboxylic acid groups (broad SMARTS) is 1. The van der Waals surface area contributed by atoms with Crippen LogP contribution in [-0.4, -0.2) is 31.3 Å². The predicted octanol–water partition coefficient (Wildman–Crippen LogP) is 4.82. The van der Waals surface area contributed by atoms with Gasteiger partial charge in [0.2, 0.25) is 5.75 Å². The van der Waals surface area contributed by atoms with Crippen molar-refractivity contribution in [1.29, 1.82) is 0 Å². The first-order valence-electron chi connectivity index (χ1n) is 9.46. The number of nitrogens with one attached hydrogen (secondary N) is 1. The summed E-state index contributed by atoms with van der Waals surface area (Å²) in [6.07, 6.45) is 4.30. The molecule has 0 bridgehead atoms. The molecule has 0 saturated heterocycles. The molecule has 3 aromatic rings. The van der Waals surface area contributed by atoms with Crippen molar-refractivity contribution < 1.29 is 14.5 Å². The number of hydrogen-bond donors (Lipinski definition) is 2. The van der Waals surface area contributed by atoms with E-state index in [0.717, 1.165) is 41.5 Å². The molecule has 2 heterocycles. The highest BCUT2D eigenvalue weighted by Gasteiger charge is 2.23. The molecule has 2 N–H and O–H groups in total. The highest BCUT2D eigenvalue weighted by molar-refractivity contribution is 7.91. The Balaban J connectivity index is 1.69. The van der Waals surface area contributed by atoms with Crippen LogP contribution in [0.2, 0.25) is 10.0 Å². The maximum atomic E-state index is 12.1. The molecule has 1 aromatic carbocycles. The van der Waals surface area contributed by atoms with Gasteiger partial charge < -0.3 is 15.0 Å². The zero-order valence-corrected chi connectivity index (χ0v) is 19.1. The van der Waals surface area contributed by atoms with Crippen LogP contribution in [0.5, 0.6) is 0 Å². The van der Waals surface area contributed by atoms with Gasteiger partial charge in [-0.05, 0) is 60.1 Å². The molecule has 1 aliphatic carbocycles. The van der Waals surface area contributed by atoms with Gasteiger partial charge in [-0.25, -0.2) is 14.8 Å². The van der Waals surface area contributed by atoms with E-state index in [2.05, 4.69) is 15.3 Å². The van der Waals surface area contributed by atoms with Gasteiger partial charge in [0, 0.05) is 21.5 Å². The lowest BCUT2D eigenvalue weighted by Crippen LogP contribution is -2.18. The highest BCUT2D eigenvalue weighted by Crippen LogP contribution is 2.39. The molecule has 2 aromatic heterocycles. The van der Waals surface area contributed by atoms with Crippen LogP contribution in [0.1, 0.15) is 34.7 Å². The number of carbonyl (C=O) groups is 1. The second-order valence-electron chi connectivity index (χ2n) is 7.09. The summed E-state index contributed by atoms with van der Waals surface area (Å²) in [5.74, 6) is -0.470. The van der Waals surface area contributed by atoms with Crippen LogP contribution in [0.4, 0.5) is 5.82 Å². The molecule has 1 atom stereocenters. The van der Waals surface area contributed by atoms with Crippen molar-refractivity contribution in [2.45, 2.75) is 38.0 Å². The van der Waals surface area contributed by atoms with Crippen molar-refractivity contribution in [3.63, 3.8) is 0 Å². The second kappa shape index (κ2) is 9.28. The lowest BCUT2D eigenvalue weighted by molar-refractivity contribution is -0.134. The smallest absolute Gasteiger partial charge is 0.353 e. The maximum Gasteiger partial charge on any atom is 0.353 e. The van der Waals surface area contributed by atoms with Crippen LogP contribution < -0.4 is 5.32 Å². The number of halogens is 2. The summed E-state index contributed by atoms with van der Waals surface area (Å²) >= 11 is 12.4. The molecule has 1 unspecified atom stereocenters. The molecular weight excluding hydrogens is 465 g/mol. The summed E-state index contributed by atoms with van der Waals surface area (Å²) in [5.41, 5.74) is 2.16. The molecule has 10 heteroatoms. The Labute approximate surface area is 190 Å². The number of aliphatic carboxylic acids is 1. The van der Waals surface area contributed by atoms with Crippen LogP contribution in [0.15, 0.2) is 18.2 Å². The van der Waals surface area contributed by atoms with E-state index in [0.29, 0.717) is 28.2 Å². The van der Waals surface area contributed by atoms with Gasteiger partial charge in [-0.15, -0.1) is 11.3 Å². The van der Waals surface area contributed by atoms with E-state index < -0.39 is 22.9 Å². The molecular formula is C20H19Cl2N3O3S2. The summed E-state index contributed by atoms with van der Waals surface area (Å²) in [6, 6.07) is 5.34.